The van der Waals surface area contributed by atoms with E-state index in [0.717, 1.165) is 29.4 Å². The van der Waals surface area contributed by atoms with Gasteiger partial charge in [-0.05, 0) is 43.2 Å². The molecule has 30 heavy (non-hydrogen) atoms. The minimum absolute atomic E-state index is 0.109. The number of aryl methyl sites for hydroxylation is 1. The Balaban J connectivity index is 1.48. The molecule has 0 aliphatic carbocycles. The Morgan fingerprint density at radius 1 is 0.967 bits per heavy atom. The van der Waals surface area contributed by atoms with E-state index >= 15 is 0 Å². The Labute approximate surface area is 183 Å². The quantitative estimate of drug-likeness (QED) is 0.748. The van der Waals surface area contributed by atoms with Crippen LogP contribution in [-0.2, 0) is 9.59 Å². The molecule has 0 bridgehead atoms. The number of piperazine rings is 1. The number of rotatable bonds is 3. The summed E-state index contributed by atoms with van der Waals surface area (Å²) in [7, 11) is 1.82. The normalized spacial score (nSPS) is 22.4. The highest BCUT2D eigenvalue weighted by Gasteiger charge is 2.41. The summed E-state index contributed by atoms with van der Waals surface area (Å²) in [4.78, 5) is 31.9. The fourth-order valence-corrected chi connectivity index (χ4v) is 4.71. The Morgan fingerprint density at radius 3 is 2.23 bits per heavy atom. The molecule has 6 heteroatoms. The predicted octanol–water partition coefficient (Wildman–Crippen LogP) is 3.91. The molecule has 2 aromatic carbocycles. The molecule has 0 aromatic heterocycles. The molecule has 2 atom stereocenters. The molecular formula is C24H28ClN3O2. The van der Waals surface area contributed by atoms with Crippen molar-refractivity contribution in [2.75, 3.05) is 38.1 Å². The number of hydrogen-bond acceptors (Lipinski definition) is 3. The lowest BCUT2D eigenvalue weighted by atomic mass is 9.83. The monoisotopic (exact) mass is 425 g/mol. The van der Waals surface area contributed by atoms with Crippen LogP contribution in [-0.4, -0.2) is 54.8 Å². The zero-order chi connectivity index (χ0) is 21.3. The van der Waals surface area contributed by atoms with Crippen LogP contribution in [0.1, 0.15) is 30.0 Å². The van der Waals surface area contributed by atoms with Gasteiger partial charge in [-0.25, -0.2) is 0 Å². The molecule has 0 N–H and O–H groups in total. The predicted molar refractivity (Wildman–Crippen MR) is 120 cm³/mol. The molecule has 2 aromatic rings. The van der Waals surface area contributed by atoms with E-state index in [4.69, 9.17) is 11.6 Å². The van der Waals surface area contributed by atoms with Crippen LogP contribution in [0.2, 0.25) is 5.02 Å². The Kier molecular flexibility index (Phi) is 6.00. The highest BCUT2D eigenvalue weighted by Crippen LogP contribution is 2.37. The molecule has 2 heterocycles. The Hall–Kier alpha value is -2.53. The van der Waals surface area contributed by atoms with Gasteiger partial charge in [0.15, 0.2) is 0 Å². The van der Waals surface area contributed by atoms with Crippen molar-refractivity contribution in [3.8, 4) is 0 Å². The average molecular weight is 426 g/mol. The third-order valence-corrected chi connectivity index (χ3v) is 6.63. The third kappa shape index (κ3) is 4.17. The number of carbonyl (C=O) groups excluding carboxylic acids is 2. The molecular weight excluding hydrogens is 398 g/mol. The second-order valence-corrected chi connectivity index (χ2v) is 8.73. The van der Waals surface area contributed by atoms with Crippen LogP contribution in [0.4, 0.5) is 5.69 Å². The topological polar surface area (TPSA) is 43.9 Å². The molecule has 2 amide bonds. The molecule has 5 nitrogen and oxygen atoms in total. The van der Waals surface area contributed by atoms with Crippen LogP contribution in [0, 0.1) is 12.8 Å². The van der Waals surface area contributed by atoms with Crippen molar-refractivity contribution >= 4 is 29.1 Å². The van der Waals surface area contributed by atoms with Gasteiger partial charge in [-0.2, -0.15) is 0 Å². The number of hydrogen-bond donors (Lipinski definition) is 0. The van der Waals surface area contributed by atoms with Crippen molar-refractivity contribution in [3.05, 3.63) is 64.7 Å². The van der Waals surface area contributed by atoms with E-state index in [0.29, 0.717) is 25.9 Å². The van der Waals surface area contributed by atoms with Crippen LogP contribution in [0.5, 0.6) is 0 Å². The van der Waals surface area contributed by atoms with E-state index in [-0.39, 0.29) is 23.8 Å². The molecule has 2 unspecified atom stereocenters. The molecule has 4 rings (SSSR count). The Bertz CT molecular complexity index is 905. The van der Waals surface area contributed by atoms with E-state index in [2.05, 4.69) is 17.0 Å². The average Bonchev–Trinajstić information content (AvgIpc) is 2.76. The van der Waals surface area contributed by atoms with Crippen LogP contribution < -0.4 is 4.90 Å². The maximum atomic E-state index is 13.5. The smallest absolute Gasteiger partial charge is 0.228 e. The first-order chi connectivity index (χ1) is 14.4. The van der Waals surface area contributed by atoms with Crippen molar-refractivity contribution in [2.45, 2.75) is 25.8 Å². The standard InChI is InChI=1S/C24H28ClN3O2/c1-17-3-5-18(6-4-17)23-21(11-12-22(29)26(23)2)24(30)28-15-13-27(14-16-28)20-9-7-19(25)8-10-20/h3-10,21,23H,11-16H2,1-2H3. The zero-order valence-electron chi connectivity index (χ0n) is 17.6. The fourth-order valence-electron chi connectivity index (χ4n) is 4.59. The number of benzene rings is 2. The van der Waals surface area contributed by atoms with Crippen LogP contribution in [0.15, 0.2) is 48.5 Å². The van der Waals surface area contributed by atoms with Gasteiger partial charge in [0.25, 0.3) is 0 Å². The molecule has 0 saturated carbocycles. The van der Waals surface area contributed by atoms with Crippen molar-refractivity contribution in [1.29, 1.82) is 0 Å². The molecule has 2 fully saturated rings. The number of likely N-dealkylation sites (tertiary alicyclic amines) is 1. The number of amides is 2. The first-order valence-electron chi connectivity index (χ1n) is 10.6. The summed E-state index contributed by atoms with van der Waals surface area (Å²) >= 11 is 6.00. The van der Waals surface area contributed by atoms with Gasteiger partial charge < -0.3 is 14.7 Å². The lowest BCUT2D eigenvalue weighted by Gasteiger charge is -2.43. The highest BCUT2D eigenvalue weighted by molar-refractivity contribution is 6.30. The molecule has 158 valence electrons. The van der Waals surface area contributed by atoms with E-state index in [9.17, 15) is 9.59 Å². The molecule has 2 aliphatic heterocycles. The largest absolute Gasteiger partial charge is 0.368 e. The van der Waals surface area contributed by atoms with E-state index < -0.39 is 0 Å². The fraction of sp³-hybridized carbons (Fsp3) is 0.417. The number of piperidine rings is 1. The van der Waals surface area contributed by atoms with E-state index in [1.54, 1.807) is 4.90 Å². The van der Waals surface area contributed by atoms with Crippen LogP contribution in [0.3, 0.4) is 0 Å². The highest BCUT2D eigenvalue weighted by atomic mass is 35.5. The minimum Gasteiger partial charge on any atom is -0.368 e. The minimum atomic E-state index is -0.200. The van der Waals surface area contributed by atoms with Gasteiger partial charge >= 0.3 is 0 Å². The molecule has 2 saturated heterocycles. The van der Waals surface area contributed by atoms with Gasteiger partial charge in [-0.3, -0.25) is 9.59 Å². The van der Waals surface area contributed by atoms with Gasteiger partial charge in [0.2, 0.25) is 11.8 Å². The molecule has 0 radical (unpaired) electrons. The summed E-state index contributed by atoms with van der Waals surface area (Å²) < 4.78 is 0. The van der Waals surface area contributed by atoms with Gasteiger partial charge in [-0.15, -0.1) is 0 Å². The number of halogens is 1. The summed E-state index contributed by atoms with van der Waals surface area (Å²) in [5.41, 5.74) is 3.34. The second kappa shape index (κ2) is 8.68. The maximum absolute atomic E-state index is 13.5. The van der Waals surface area contributed by atoms with E-state index in [1.165, 1.54) is 5.56 Å². The lowest BCUT2D eigenvalue weighted by Crippen LogP contribution is -2.53. The maximum Gasteiger partial charge on any atom is 0.228 e. The first kappa shape index (κ1) is 20.7. The second-order valence-electron chi connectivity index (χ2n) is 8.29. The lowest BCUT2D eigenvalue weighted by molar-refractivity contribution is -0.146. The van der Waals surface area contributed by atoms with Crippen LogP contribution >= 0.6 is 11.6 Å². The van der Waals surface area contributed by atoms with Gasteiger partial charge in [0.1, 0.15) is 0 Å². The van der Waals surface area contributed by atoms with Crippen LogP contribution in [0.25, 0.3) is 0 Å². The number of anilines is 1. The first-order valence-corrected chi connectivity index (χ1v) is 10.9. The molecule has 0 spiro atoms. The summed E-state index contributed by atoms with van der Waals surface area (Å²) in [5, 5.41) is 0.727. The van der Waals surface area contributed by atoms with E-state index in [1.807, 2.05) is 55.3 Å². The van der Waals surface area contributed by atoms with Gasteiger partial charge in [0.05, 0.1) is 12.0 Å². The summed E-state index contributed by atoms with van der Waals surface area (Å²) in [6.07, 6.45) is 1.04. The molecule has 2 aliphatic rings. The van der Waals surface area contributed by atoms with Crippen molar-refractivity contribution in [2.24, 2.45) is 5.92 Å². The zero-order valence-corrected chi connectivity index (χ0v) is 18.3. The van der Waals surface area contributed by atoms with Crippen molar-refractivity contribution in [3.63, 3.8) is 0 Å². The third-order valence-electron chi connectivity index (χ3n) is 6.38. The summed E-state index contributed by atoms with van der Waals surface area (Å²) in [6.45, 7) is 5.02. The van der Waals surface area contributed by atoms with Crippen molar-refractivity contribution < 1.29 is 9.59 Å². The summed E-state index contributed by atoms with van der Waals surface area (Å²) in [5.74, 6) is 0.0744. The Morgan fingerprint density at radius 2 is 1.60 bits per heavy atom. The van der Waals surface area contributed by atoms with Crippen molar-refractivity contribution in [1.82, 2.24) is 9.80 Å². The van der Waals surface area contributed by atoms with Gasteiger partial charge in [-0.1, -0.05) is 41.4 Å². The number of carbonyl (C=O) groups is 2. The number of nitrogens with zero attached hydrogens (tertiary/aromatic N) is 3. The van der Waals surface area contributed by atoms with Gasteiger partial charge in [0, 0.05) is 50.4 Å². The SMILES string of the molecule is Cc1ccc(C2C(C(=O)N3CCN(c4ccc(Cl)cc4)CC3)CCC(=O)N2C)cc1. The summed E-state index contributed by atoms with van der Waals surface area (Å²) in [6, 6.07) is 15.8.